The summed E-state index contributed by atoms with van der Waals surface area (Å²) >= 11 is 0. The lowest BCUT2D eigenvalue weighted by molar-refractivity contribution is 0.0395. The Balaban J connectivity index is 1.13. The molecule has 2 aromatic heterocycles. The number of aryl methyl sites for hydroxylation is 1. The number of carbonyl (C=O) groups excluding carboxylic acids is 1. The molecule has 0 radical (unpaired) electrons. The molecule has 1 N–H and O–H groups in total. The van der Waals surface area contributed by atoms with Crippen molar-refractivity contribution in [1.82, 2.24) is 35.5 Å². The smallest absolute Gasteiger partial charge is 0.414 e. The number of carbonyl (C=O) groups is 1. The molecule has 1 saturated heterocycles. The Kier molecular flexibility index (Phi) is 5.85. The highest BCUT2D eigenvalue weighted by Gasteiger charge is 2.33. The van der Waals surface area contributed by atoms with E-state index in [0.29, 0.717) is 30.9 Å². The number of amides is 1. The van der Waals surface area contributed by atoms with E-state index in [1.165, 1.54) is 11.0 Å². The van der Waals surface area contributed by atoms with Crippen molar-refractivity contribution < 1.29 is 18.8 Å². The molecule has 1 amide bonds. The van der Waals surface area contributed by atoms with Crippen molar-refractivity contribution in [1.29, 1.82) is 0 Å². The Hall–Kier alpha value is -4.58. The molecule has 4 heterocycles. The molecule has 12 heteroatoms. The topological polar surface area (TPSA) is 112 Å². The van der Waals surface area contributed by atoms with Crippen LogP contribution < -0.4 is 10.4 Å². The number of hydroxylamine groups is 1. The third-order valence-electron chi connectivity index (χ3n) is 6.20. The number of aromatic nitrogens is 6. The summed E-state index contributed by atoms with van der Waals surface area (Å²) < 4.78 is 23.9. The Morgan fingerprint density at radius 1 is 1.08 bits per heavy atom. The summed E-state index contributed by atoms with van der Waals surface area (Å²) in [5, 5.41) is 15.7. The average molecular weight is 503 g/mol. The second-order valence-electron chi connectivity index (χ2n) is 8.90. The van der Waals surface area contributed by atoms with Gasteiger partial charge in [0.05, 0.1) is 42.9 Å². The summed E-state index contributed by atoms with van der Waals surface area (Å²) in [7, 11) is 0. The van der Waals surface area contributed by atoms with Crippen molar-refractivity contribution in [2.45, 2.75) is 32.2 Å². The van der Waals surface area contributed by atoms with E-state index < -0.39 is 18.0 Å². The molecule has 1 fully saturated rings. The van der Waals surface area contributed by atoms with Gasteiger partial charge in [-0.05, 0) is 42.3 Å². The van der Waals surface area contributed by atoms with Crippen LogP contribution in [0.4, 0.5) is 14.9 Å². The van der Waals surface area contributed by atoms with Gasteiger partial charge in [0.15, 0.2) is 0 Å². The fourth-order valence-electron chi connectivity index (χ4n) is 4.41. The summed E-state index contributed by atoms with van der Waals surface area (Å²) in [6.07, 6.45) is 6.04. The molecular formula is C25H23FN8O3. The van der Waals surface area contributed by atoms with Crippen LogP contribution in [-0.2, 0) is 22.7 Å². The number of anilines is 1. The molecule has 37 heavy (non-hydrogen) atoms. The van der Waals surface area contributed by atoms with Crippen molar-refractivity contribution in [3.05, 3.63) is 84.2 Å². The number of hydrogen-bond acceptors (Lipinski definition) is 8. The summed E-state index contributed by atoms with van der Waals surface area (Å²) in [6.45, 7) is 3.06. The first-order valence-electron chi connectivity index (χ1n) is 11.7. The first kappa shape index (κ1) is 22.9. The minimum atomic E-state index is -0.514. The van der Waals surface area contributed by atoms with E-state index in [9.17, 15) is 4.79 Å². The summed E-state index contributed by atoms with van der Waals surface area (Å²) in [4.78, 5) is 19.5. The number of cyclic esters (lactones) is 1. The third-order valence-corrected chi connectivity index (χ3v) is 6.20. The summed E-state index contributed by atoms with van der Waals surface area (Å²) in [6, 6.07) is 12.2. The zero-order valence-electron chi connectivity index (χ0n) is 19.9. The van der Waals surface area contributed by atoms with Gasteiger partial charge in [-0.1, -0.05) is 34.7 Å². The second kappa shape index (κ2) is 9.47. The Labute approximate surface area is 211 Å². The zero-order valence-corrected chi connectivity index (χ0v) is 19.9. The Morgan fingerprint density at radius 2 is 1.92 bits per heavy atom. The van der Waals surface area contributed by atoms with E-state index in [1.807, 2.05) is 37.3 Å². The lowest BCUT2D eigenvalue weighted by atomic mass is 10.0. The van der Waals surface area contributed by atoms with Gasteiger partial charge in [0.25, 0.3) is 0 Å². The van der Waals surface area contributed by atoms with Crippen LogP contribution in [-0.4, -0.2) is 54.8 Å². The number of hydrogen-bond donors (Lipinski definition) is 1. The molecule has 6 rings (SSSR count). The highest BCUT2D eigenvalue weighted by Crippen LogP contribution is 2.30. The molecule has 2 aliphatic rings. The van der Waals surface area contributed by atoms with Gasteiger partial charge in [-0.15, -0.1) is 10.2 Å². The second-order valence-corrected chi connectivity index (χ2v) is 8.90. The fraction of sp³-hybridized carbons (Fsp3) is 0.240. The molecule has 188 valence electrons. The van der Waals surface area contributed by atoms with E-state index in [1.54, 1.807) is 40.1 Å². The summed E-state index contributed by atoms with van der Waals surface area (Å²) in [5.74, 6) is -0.428. The third kappa shape index (κ3) is 4.78. The lowest BCUT2D eigenvalue weighted by Gasteiger charge is -2.14. The molecule has 0 aliphatic carbocycles. The van der Waals surface area contributed by atoms with E-state index in [-0.39, 0.29) is 6.10 Å². The van der Waals surface area contributed by atoms with Crippen molar-refractivity contribution >= 4 is 17.5 Å². The molecule has 4 aromatic rings. The van der Waals surface area contributed by atoms with Crippen LogP contribution >= 0.6 is 0 Å². The van der Waals surface area contributed by atoms with Gasteiger partial charge in [-0.2, -0.15) is 0 Å². The molecular weight excluding hydrogens is 479 g/mol. The van der Waals surface area contributed by atoms with Crippen LogP contribution in [0.5, 0.6) is 0 Å². The number of nitrogens with one attached hydrogen (secondary N) is 1. The van der Waals surface area contributed by atoms with E-state index in [4.69, 9.17) is 9.57 Å². The molecule has 11 nitrogen and oxygen atoms in total. The van der Waals surface area contributed by atoms with Crippen LogP contribution in [0.3, 0.4) is 0 Å². The van der Waals surface area contributed by atoms with Crippen LogP contribution in [0.15, 0.2) is 67.1 Å². The molecule has 0 saturated carbocycles. The zero-order chi connectivity index (χ0) is 25.4. The first-order valence-corrected chi connectivity index (χ1v) is 11.7. The number of nitrogens with zero attached hydrogens (tertiary/aromatic N) is 7. The molecule has 0 spiro atoms. The highest BCUT2D eigenvalue weighted by atomic mass is 19.1. The summed E-state index contributed by atoms with van der Waals surface area (Å²) in [5.41, 5.74) is 7.05. The standard InChI is InChI=1S/C25H23FN8O3/c1-16-12-33(31-28-16)14-21-15-34(25(35)36-21)19-6-7-22(23(26)10-19)17-2-4-18(5-3-17)24-11-20(37-29-24)13-32-9-8-27-30-32/h2-12,20-21,29H,13-15H2,1H3/t20?,21-/m0/s1. The fourth-order valence-corrected chi connectivity index (χ4v) is 4.41. The van der Waals surface area contributed by atoms with Gasteiger partial charge in [0.2, 0.25) is 0 Å². The van der Waals surface area contributed by atoms with Gasteiger partial charge >= 0.3 is 6.09 Å². The minimum Gasteiger partial charge on any atom is -0.442 e. The van der Waals surface area contributed by atoms with Crippen molar-refractivity contribution in [2.75, 3.05) is 11.4 Å². The maximum absolute atomic E-state index is 15.1. The monoisotopic (exact) mass is 502 g/mol. The van der Waals surface area contributed by atoms with E-state index in [0.717, 1.165) is 22.5 Å². The number of ether oxygens (including phenoxy) is 1. The molecule has 1 unspecified atom stereocenters. The van der Waals surface area contributed by atoms with E-state index in [2.05, 4.69) is 26.1 Å². The number of rotatable bonds is 7. The van der Waals surface area contributed by atoms with Gasteiger partial charge in [-0.3, -0.25) is 15.2 Å². The van der Waals surface area contributed by atoms with Gasteiger partial charge in [0.1, 0.15) is 18.0 Å². The predicted octanol–water partition coefficient (Wildman–Crippen LogP) is 2.95. The molecule has 2 aliphatic heterocycles. The molecule has 2 atom stereocenters. The normalized spacial score (nSPS) is 19.1. The van der Waals surface area contributed by atoms with Crippen LogP contribution in [0, 0.1) is 12.7 Å². The van der Waals surface area contributed by atoms with E-state index >= 15 is 4.39 Å². The first-order chi connectivity index (χ1) is 18.0. The largest absolute Gasteiger partial charge is 0.442 e. The van der Waals surface area contributed by atoms with Gasteiger partial charge in [-0.25, -0.2) is 18.5 Å². The lowest BCUT2D eigenvalue weighted by Crippen LogP contribution is -2.26. The maximum Gasteiger partial charge on any atom is 0.414 e. The van der Waals surface area contributed by atoms with Crippen LogP contribution in [0.25, 0.3) is 16.8 Å². The Morgan fingerprint density at radius 3 is 2.65 bits per heavy atom. The van der Waals surface area contributed by atoms with Crippen LogP contribution in [0.1, 0.15) is 11.3 Å². The van der Waals surface area contributed by atoms with Crippen molar-refractivity contribution in [3.63, 3.8) is 0 Å². The van der Waals surface area contributed by atoms with Crippen LogP contribution in [0.2, 0.25) is 0 Å². The maximum atomic E-state index is 15.1. The number of halogens is 1. The quantitative estimate of drug-likeness (QED) is 0.411. The van der Waals surface area contributed by atoms with Gasteiger partial charge in [0, 0.05) is 18.0 Å². The average Bonchev–Trinajstić information content (AvgIpc) is 3.70. The van der Waals surface area contributed by atoms with Crippen molar-refractivity contribution in [2.24, 2.45) is 0 Å². The molecule has 0 bridgehead atoms. The SMILES string of the molecule is Cc1cn(C[C@H]2CN(c3ccc(-c4ccc(C5=CC(Cn6ccnn6)ON5)cc4)c(F)c3)C(=O)O2)nn1. The minimum absolute atomic E-state index is 0.182. The van der Waals surface area contributed by atoms with Crippen molar-refractivity contribution in [3.8, 4) is 11.1 Å². The predicted molar refractivity (Wildman–Crippen MR) is 130 cm³/mol. The molecule has 2 aromatic carbocycles. The highest BCUT2D eigenvalue weighted by molar-refractivity contribution is 5.90. The van der Waals surface area contributed by atoms with Gasteiger partial charge < -0.3 is 4.74 Å². The Bertz CT molecular complexity index is 1450. The number of benzene rings is 2.